The highest BCUT2D eigenvalue weighted by Gasteiger charge is 2.11. The lowest BCUT2D eigenvalue weighted by atomic mass is 10.0. The van der Waals surface area contributed by atoms with Crippen molar-refractivity contribution < 1.29 is 14.3 Å². The molecule has 0 bridgehead atoms. The predicted molar refractivity (Wildman–Crippen MR) is 102 cm³/mol. The van der Waals surface area contributed by atoms with Crippen LogP contribution in [0.15, 0.2) is 48.5 Å². The minimum Gasteiger partial charge on any atom is -0.494 e. The molecule has 2 rings (SSSR count). The minimum absolute atomic E-state index is 0.0270. The standard InChI is InChI=1S/C22H25NO3/c1-3-17(2)22(24)26-15-5-4-14-25-21-12-10-20(11-13-21)19-8-6-18(16-23)7-9-19/h6-13,17H,3-5,14-15H2,1-2H3. The second kappa shape index (κ2) is 10.2. The van der Waals surface area contributed by atoms with Crippen LogP contribution < -0.4 is 4.74 Å². The number of nitriles is 1. The number of hydrogen-bond donors (Lipinski definition) is 0. The molecule has 0 N–H and O–H groups in total. The molecule has 0 radical (unpaired) electrons. The first kappa shape index (κ1) is 19.5. The van der Waals surface area contributed by atoms with Crippen LogP contribution in [0.5, 0.6) is 5.75 Å². The number of unbranched alkanes of at least 4 members (excludes halogenated alkanes) is 1. The van der Waals surface area contributed by atoms with Crippen molar-refractivity contribution in [2.24, 2.45) is 5.92 Å². The van der Waals surface area contributed by atoms with Crippen LogP contribution in [0.3, 0.4) is 0 Å². The lowest BCUT2D eigenvalue weighted by molar-refractivity contribution is -0.148. The third kappa shape index (κ3) is 5.93. The molecule has 1 atom stereocenters. The molecule has 1 unspecified atom stereocenters. The van der Waals surface area contributed by atoms with E-state index in [4.69, 9.17) is 14.7 Å². The third-order valence-corrected chi connectivity index (χ3v) is 4.27. The van der Waals surface area contributed by atoms with E-state index in [1.807, 2.05) is 62.4 Å². The van der Waals surface area contributed by atoms with Crippen molar-refractivity contribution >= 4 is 5.97 Å². The van der Waals surface area contributed by atoms with Crippen LogP contribution in [-0.2, 0) is 9.53 Å². The molecule has 0 aromatic heterocycles. The maximum Gasteiger partial charge on any atom is 0.308 e. The van der Waals surface area contributed by atoms with Crippen LogP contribution >= 0.6 is 0 Å². The molecular weight excluding hydrogens is 326 g/mol. The summed E-state index contributed by atoms with van der Waals surface area (Å²) in [5, 5.41) is 8.84. The van der Waals surface area contributed by atoms with Gasteiger partial charge < -0.3 is 9.47 Å². The van der Waals surface area contributed by atoms with Crippen molar-refractivity contribution in [2.75, 3.05) is 13.2 Å². The van der Waals surface area contributed by atoms with Crippen LogP contribution in [0.4, 0.5) is 0 Å². The molecule has 136 valence electrons. The van der Waals surface area contributed by atoms with Crippen molar-refractivity contribution in [1.29, 1.82) is 5.26 Å². The van der Waals surface area contributed by atoms with Gasteiger partial charge in [0.15, 0.2) is 0 Å². The Hall–Kier alpha value is -2.80. The Morgan fingerprint density at radius 3 is 2.15 bits per heavy atom. The van der Waals surface area contributed by atoms with Gasteiger partial charge in [-0.05, 0) is 54.7 Å². The molecule has 4 heteroatoms. The highest BCUT2D eigenvalue weighted by atomic mass is 16.5. The van der Waals surface area contributed by atoms with Crippen LogP contribution in [0.1, 0.15) is 38.7 Å². The summed E-state index contributed by atoms with van der Waals surface area (Å²) in [7, 11) is 0. The number of nitrogens with zero attached hydrogens (tertiary/aromatic N) is 1. The summed E-state index contributed by atoms with van der Waals surface area (Å²) in [6.07, 6.45) is 2.44. The molecule has 0 amide bonds. The number of benzene rings is 2. The van der Waals surface area contributed by atoms with Gasteiger partial charge in [-0.15, -0.1) is 0 Å². The molecule has 0 spiro atoms. The number of hydrogen-bond acceptors (Lipinski definition) is 4. The van der Waals surface area contributed by atoms with E-state index in [9.17, 15) is 4.79 Å². The Morgan fingerprint density at radius 1 is 1.00 bits per heavy atom. The van der Waals surface area contributed by atoms with Crippen LogP contribution in [0, 0.1) is 17.2 Å². The fourth-order valence-corrected chi connectivity index (χ4v) is 2.36. The lowest BCUT2D eigenvalue weighted by Crippen LogP contribution is -2.14. The average molecular weight is 351 g/mol. The molecule has 0 aliphatic heterocycles. The quantitative estimate of drug-likeness (QED) is 0.472. The van der Waals surface area contributed by atoms with E-state index in [-0.39, 0.29) is 11.9 Å². The van der Waals surface area contributed by atoms with Crippen molar-refractivity contribution in [1.82, 2.24) is 0 Å². The summed E-state index contributed by atoms with van der Waals surface area (Å²) in [5.41, 5.74) is 2.81. The number of rotatable bonds is 9. The van der Waals surface area contributed by atoms with Gasteiger partial charge in [-0.25, -0.2) is 0 Å². The van der Waals surface area contributed by atoms with E-state index in [1.54, 1.807) is 0 Å². The summed E-state index contributed by atoms with van der Waals surface area (Å²) < 4.78 is 10.9. The lowest BCUT2D eigenvalue weighted by Gasteiger charge is -2.10. The smallest absolute Gasteiger partial charge is 0.308 e. The van der Waals surface area contributed by atoms with Crippen molar-refractivity contribution in [3.8, 4) is 22.9 Å². The van der Waals surface area contributed by atoms with E-state index < -0.39 is 0 Å². The molecule has 0 aliphatic rings. The first-order valence-corrected chi connectivity index (χ1v) is 9.04. The monoisotopic (exact) mass is 351 g/mol. The molecule has 4 nitrogen and oxygen atoms in total. The van der Waals surface area contributed by atoms with Crippen molar-refractivity contribution in [3.05, 3.63) is 54.1 Å². The predicted octanol–water partition coefficient (Wildman–Crippen LogP) is 4.97. The van der Waals surface area contributed by atoms with Gasteiger partial charge in [-0.1, -0.05) is 38.1 Å². The Morgan fingerprint density at radius 2 is 1.58 bits per heavy atom. The van der Waals surface area contributed by atoms with E-state index in [0.717, 1.165) is 36.1 Å². The van der Waals surface area contributed by atoms with E-state index in [0.29, 0.717) is 18.8 Å². The first-order chi connectivity index (χ1) is 12.6. The van der Waals surface area contributed by atoms with Crippen molar-refractivity contribution in [2.45, 2.75) is 33.1 Å². The summed E-state index contributed by atoms with van der Waals surface area (Å²) in [6.45, 7) is 4.90. The Balaban J connectivity index is 1.71. The van der Waals surface area contributed by atoms with Gasteiger partial charge in [0.2, 0.25) is 0 Å². The van der Waals surface area contributed by atoms with Crippen LogP contribution in [0.25, 0.3) is 11.1 Å². The zero-order valence-electron chi connectivity index (χ0n) is 15.4. The second-order valence-corrected chi connectivity index (χ2v) is 6.25. The van der Waals surface area contributed by atoms with E-state index >= 15 is 0 Å². The van der Waals surface area contributed by atoms with Gasteiger partial charge in [0.1, 0.15) is 5.75 Å². The summed E-state index contributed by atoms with van der Waals surface area (Å²) in [6, 6.07) is 17.5. The number of ether oxygens (including phenoxy) is 2. The molecule has 2 aromatic carbocycles. The Kier molecular flexibility index (Phi) is 7.70. The zero-order valence-corrected chi connectivity index (χ0v) is 15.4. The second-order valence-electron chi connectivity index (χ2n) is 6.25. The highest BCUT2D eigenvalue weighted by molar-refractivity contribution is 5.71. The molecule has 0 heterocycles. The maximum atomic E-state index is 11.5. The third-order valence-electron chi connectivity index (χ3n) is 4.27. The first-order valence-electron chi connectivity index (χ1n) is 9.04. The van der Waals surface area contributed by atoms with Gasteiger partial charge in [0.25, 0.3) is 0 Å². The summed E-state index contributed by atoms with van der Waals surface area (Å²) in [4.78, 5) is 11.5. The highest BCUT2D eigenvalue weighted by Crippen LogP contribution is 2.23. The molecule has 0 aliphatic carbocycles. The maximum absolute atomic E-state index is 11.5. The van der Waals surface area contributed by atoms with Crippen molar-refractivity contribution in [3.63, 3.8) is 0 Å². The zero-order chi connectivity index (χ0) is 18.8. The Bertz CT molecular complexity index is 729. The van der Waals surface area contributed by atoms with Crippen LogP contribution in [-0.4, -0.2) is 19.2 Å². The molecule has 0 fully saturated rings. The number of carbonyl (C=O) groups excluding carboxylic acids is 1. The molecule has 0 saturated heterocycles. The summed E-state index contributed by atoms with van der Waals surface area (Å²) in [5.74, 6) is 0.673. The average Bonchev–Trinajstić information content (AvgIpc) is 2.70. The minimum atomic E-state index is -0.119. The van der Waals surface area contributed by atoms with Gasteiger partial charge in [0, 0.05) is 0 Å². The molecule has 2 aromatic rings. The number of esters is 1. The molecule has 0 saturated carbocycles. The number of carbonyl (C=O) groups is 1. The van der Waals surface area contributed by atoms with Gasteiger partial charge in [-0.3, -0.25) is 4.79 Å². The van der Waals surface area contributed by atoms with Gasteiger partial charge >= 0.3 is 5.97 Å². The topological polar surface area (TPSA) is 59.3 Å². The SMILES string of the molecule is CCC(C)C(=O)OCCCCOc1ccc(-c2ccc(C#N)cc2)cc1. The molecular formula is C22H25NO3. The van der Waals surface area contributed by atoms with E-state index in [2.05, 4.69) is 6.07 Å². The fraction of sp³-hybridized carbons (Fsp3) is 0.364. The largest absolute Gasteiger partial charge is 0.494 e. The van der Waals surface area contributed by atoms with Gasteiger partial charge in [0.05, 0.1) is 30.8 Å². The van der Waals surface area contributed by atoms with Crippen LogP contribution in [0.2, 0.25) is 0 Å². The van der Waals surface area contributed by atoms with Gasteiger partial charge in [-0.2, -0.15) is 5.26 Å². The van der Waals surface area contributed by atoms with E-state index in [1.165, 1.54) is 0 Å². The molecule has 26 heavy (non-hydrogen) atoms. The normalized spacial score (nSPS) is 11.4. The Labute approximate surface area is 155 Å². The summed E-state index contributed by atoms with van der Waals surface area (Å²) >= 11 is 0. The fourth-order valence-electron chi connectivity index (χ4n) is 2.36.